The van der Waals surface area contributed by atoms with Crippen LogP contribution in [0.1, 0.15) is 0 Å². The van der Waals surface area contributed by atoms with Crippen molar-refractivity contribution in [2.45, 2.75) is 6.10 Å². The van der Waals surface area contributed by atoms with E-state index in [1.54, 1.807) is 20.3 Å². The van der Waals surface area contributed by atoms with E-state index in [1.165, 1.54) is 0 Å². The fourth-order valence-electron chi connectivity index (χ4n) is 1.80. The number of benzene rings is 1. The third kappa shape index (κ3) is 6.34. The van der Waals surface area contributed by atoms with Crippen molar-refractivity contribution in [1.82, 2.24) is 5.32 Å². The molecule has 0 unspecified atom stereocenters. The highest BCUT2D eigenvalue weighted by Gasteiger charge is 2.11. The van der Waals surface area contributed by atoms with E-state index in [0.717, 1.165) is 0 Å². The van der Waals surface area contributed by atoms with Crippen LogP contribution in [-0.2, 0) is 4.74 Å². The second kappa shape index (κ2) is 10.9. The minimum absolute atomic E-state index is 0.278. The highest BCUT2D eigenvalue weighted by Crippen LogP contribution is 2.36. The molecule has 124 valence electrons. The molecule has 22 heavy (non-hydrogen) atoms. The summed E-state index contributed by atoms with van der Waals surface area (Å²) in [5, 5.41) is 12.7. The minimum atomic E-state index is -0.555. The van der Waals surface area contributed by atoms with Crippen molar-refractivity contribution in [3.8, 4) is 17.2 Å². The van der Waals surface area contributed by atoms with Gasteiger partial charge in [0.1, 0.15) is 6.61 Å². The van der Waals surface area contributed by atoms with Crippen molar-refractivity contribution >= 4 is 0 Å². The van der Waals surface area contributed by atoms with Gasteiger partial charge < -0.3 is 29.4 Å². The Balaban J connectivity index is 2.28. The van der Waals surface area contributed by atoms with Crippen LogP contribution in [0.4, 0.5) is 0 Å². The lowest BCUT2D eigenvalue weighted by molar-refractivity contribution is 0.0491. The number of ether oxygens (including phenoxy) is 4. The molecule has 0 aliphatic rings. The van der Waals surface area contributed by atoms with Crippen LogP contribution >= 0.6 is 0 Å². The zero-order valence-electron chi connectivity index (χ0n) is 13.2. The largest absolute Gasteiger partial charge is 0.493 e. The SMILES string of the molecule is C=CCOC[C@@H](O)CNCCOc1c(OC)cccc1OC. The number of nitrogens with one attached hydrogen (secondary N) is 1. The Morgan fingerprint density at radius 2 is 1.95 bits per heavy atom. The first-order valence-electron chi connectivity index (χ1n) is 7.14. The van der Waals surface area contributed by atoms with Crippen LogP contribution in [0.15, 0.2) is 30.9 Å². The molecule has 0 amide bonds. The monoisotopic (exact) mass is 311 g/mol. The molecule has 0 saturated heterocycles. The summed E-state index contributed by atoms with van der Waals surface area (Å²) >= 11 is 0. The van der Waals surface area contributed by atoms with Crippen LogP contribution in [0.5, 0.6) is 17.2 Å². The standard InChI is InChI=1S/C16H25NO5/c1-4-9-21-12-13(18)11-17-8-10-22-16-14(19-2)6-5-7-15(16)20-3/h4-7,13,17-18H,1,8-12H2,2-3H3/t13-/m0/s1. The molecule has 0 heterocycles. The summed E-state index contributed by atoms with van der Waals surface area (Å²) in [7, 11) is 3.17. The van der Waals surface area contributed by atoms with E-state index in [9.17, 15) is 5.11 Å². The molecule has 2 N–H and O–H groups in total. The molecule has 0 saturated carbocycles. The van der Waals surface area contributed by atoms with E-state index in [-0.39, 0.29) is 6.61 Å². The number of aliphatic hydroxyl groups excluding tert-OH is 1. The van der Waals surface area contributed by atoms with Gasteiger partial charge in [-0.05, 0) is 12.1 Å². The van der Waals surface area contributed by atoms with Crippen LogP contribution in [0.3, 0.4) is 0 Å². The fraction of sp³-hybridized carbons (Fsp3) is 0.500. The Labute approximate surface area is 131 Å². The first-order valence-corrected chi connectivity index (χ1v) is 7.14. The Kier molecular flexibility index (Phi) is 9.06. The predicted octanol–water partition coefficient (Wildman–Crippen LogP) is 1.24. The second-order valence-electron chi connectivity index (χ2n) is 4.52. The molecule has 1 rings (SSSR count). The van der Waals surface area contributed by atoms with Crippen LogP contribution in [-0.4, -0.2) is 58.3 Å². The third-order valence-electron chi connectivity index (χ3n) is 2.83. The molecule has 1 atom stereocenters. The second-order valence-corrected chi connectivity index (χ2v) is 4.52. The van der Waals surface area contributed by atoms with E-state index in [2.05, 4.69) is 11.9 Å². The molecule has 0 fully saturated rings. The molecule has 0 bridgehead atoms. The Hall–Kier alpha value is -1.76. The highest BCUT2D eigenvalue weighted by atomic mass is 16.5. The van der Waals surface area contributed by atoms with Crippen molar-refractivity contribution in [3.05, 3.63) is 30.9 Å². The third-order valence-corrected chi connectivity index (χ3v) is 2.83. The molecule has 0 spiro atoms. The van der Waals surface area contributed by atoms with Crippen molar-refractivity contribution in [1.29, 1.82) is 0 Å². The normalized spacial score (nSPS) is 11.8. The van der Waals surface area contributed by atoms with Gasteiger partial charge >= 0.3 is 0 Å². The number of hydrogen-bond acceptors (Lipinski definition) is 6. The minimum Gasteiger partial charge on any atom is -0.493 e. The molecule has 6 heteroatoms. The molecular formula is C16H25NO5. The predicted molar refractivity (Wildman–Crippen MR) is 84.9 cm³/mol. The van der Waals surface area contributed by atoms with Gasteiger partial charge in [0.05, 0.1) is 33.5 Å². The summed E-state index contributed by atoms with van der Waals surface area (Å²) in [6.07, 6.45) is 1.09. The molecule has 0 aliphatic carbocycles. The van der Waals surface area contributed by atoms with E-state index in [1.807, 2.05) is 18.2 Å². The average molecular weight is 311 g/mol. The van der Waals surface area contributed by atoms with Gasteiger partial charge in [-0.1, -0.05) is 12.1 Å². The number of rotatable bonds is 12. The van der Waals surface area contributed by atoms with Crippen LogP contribution in [0.2, 0.25) is 0 Å². The van der Waals surface area contributed by atoms with Crippen molar-refractivity contribution < 1.29 is 24.1 Å². The zero-order valence-corrected chi connectivity index (χ0v) is 13.2. The molecule has 0 aromatic heterocycles. The summed E-state index contributed by atoms with van der Waals surface area (Å²) < 4.78 is 21.3. The van der Waals surface area contributed by atoms with Crippen molar-refractivity contribution in [2.75, 3.05) is 47.1 Å². The maximum Gasteiger partial charge on any atom is 0.203 e. The van der Waals surface area contributed by atoms with Gasteiger partial charge in [0.15, 0.2) is 11.5 Å². The van der Waals surface area contributed by atoms with Gasteiger partial charge in [-0.15, -0.1) is 6.58 Å². The lowest BCUT2D eigenvalue weighted by atomic mass is 10.3. The summed E-state index contributed by atoms with van der Waals surface area (Å²) in [5.74, 6) is 1.82. The van der Waals surface area contributed by atoms with Crippen LogP contribution in [0, 0.1) is 0 Å². The molecule has 0 radical (unpaired) electrons. The van der Waals surface area contributed by atoms with Crippen LogP contribution in [0.25, 0.3) is 0 Å². The van der Waals surface area contributed by atoms with Gasteiger partial charge in [0.25, 0.3) is 0 Å². The van der Waals surface area contributed by atoms with Gasteiger partial charge in [-0.25, -0.2) is 0 Å². The summed E-state index contributed by atoms with van der Waals surface area (Å²) in [6, 6.07) is 5.46. The lowest BCUT2D eigenvalue weighted by Gasteiger charge is -2.15. The number of methoxy groups -OCH3 is 2. The quantitative estimate of drug-likeness (QED) is 0.447. The molecule has 0 aliphatic heterocycles. The smallest absolute Gasteiger partial charge is 0.203 e. The molecule has 6 nitrogen and oxygen atoms in total. The van der Waals surface area contributed by atoms with Gasteiger partial charge in [-0.3, -0.25) is 0 Å². The molecular weight excluding hydrogens is 286 g/mol. The Morgan fingerprint density at radius 1 is 1.27 bits per heavy atom. The van der Waals surface area contributed by atoms with Gasteiger partial charge in [0.2, 0.25) is 5.75 Å². The van der Waals surface area contributed by atoms with E-state index >= 15 is 0 Å². The summed E-state index contributed by atoms with van der Waals surface area (Å²) in [6.45, 7) is 5.70. The summed E-state index contributed by atoms with van der Waals surface area (Å²) in [5.41, 5.74) is 0. The number of hydrogen-bond donors (Lipinski definition) is 2. The average Bonchev–Trinajstić information content (AvgIpc) is 2.54. The van der Waals surface area contributed by atoms with Crippen molar-refractivity contribution in [2.24, 2.45) is 0 Å². The zero-order chi connectivity index (χ0) is 16.2. The maximum atomic E-state index is 9.65. The van der Waals surface area contributed by atoms with Crippen molar-refractivity contribution in [3.63, 3.8) is 0 Å². The Morgan fingerprint density at radius 3 is 2.55 bits per heavy atom. The topological polar surface area (TPSA) is 69.2 Å². The van der Waals surface area contributed by atoms with E-state index in [0.29, 0.717) is 43.6 Å². The van der Waals surface area contributed by atoms with Crippen LogP contribution < -0.4 is 19.5 Å². The molecule has 1 aromatic carbocycles. The van der Waals surface area contributed by atoms with Gasteiger partial charge in [0, 0.05) is 13.1 Å². The van der Waals surface area contributed by atoms with E-state index in [4.69, 9.17) is 18.9 Å². The van der Waals surface area contributed by atoms with E-state index < -0.39 is 6.10 Å². The summed E-state index contributed by atoms with van der Waals surface area (Å²) in [4.78, 5) is 0. The highest BCUT2D eigenvalue weighted by molar-refractivity contribution is 5.51. The maximum absolute atomic E-state index is 9.65. The first-order chi connectivity index (χ1) is 10.7. The first kappa shape index (κ1) is 18.3. The fourth-order valence-corrected chi connectivity index (χ4v) is 1.80. The number of para-hydroxylation sites is 1. The number of aliphatic hydroxyl groups is 1. The lowest BCUT2D eigenvalue weighted by Crippen LogP contribution is -2.33. The molecule has 1 aromatic rings. The Bertz CT molecular complexity index is 416. The van der Waals surface area contributed by atoms with Gasteiger partial charge in [-0.2, -0.15) is 0 Å².